The van der Waals surface area contributed by atoms with Gasteiger partial charge in [0.15, 0.2) is 11.0 Å². The number of benzene rings is 1. The zero-order valence-corrected chi connectivity index (χ0v) is 16.7. The number of allylic oxidation sites excluding steroid dienone is 1. The molecule has 0 spiro atoms. The molecule has 2 heterocycles. The van der Waals surface area contributed by atoms with E-state index in [0.29, 0.717) is 39.2 Å². The average Bonchev–Trinajstić information content (AvgIpc) is 3.28. The molecule has 3 aromatic rings. The summed E-state index contributed by atoms with van der Waals surface area (Å²) in [4.78, 5) is 10.2. The van der Waals surface area contributed by atoms with Crippen LogP contribution in [0.5, 0.6) is 5.75 Å². The molecule has 0 radical (unpaired) electrons. The Hall–Kier alpha value is -2.56. The van der Waals surface area contributed by atoms with E-state index in [4.69, 9.17) is 27.9 Å². The maximum absolute atomic E-state index is 10.7. The fraction of sp³-hybridized carbons (Fsp3) is 0.188. The minimum atomic E-state index is -0.495. The summed E-state index contributed by atoms with van der Waals surface area (Å²) in [7, 11) is 0. The van der Waals surface area contributed by atoms with Crippen LogP contribution in [0.25, 0.3) is 0 Å². The first-order valence-electron chi connectivity index (χ1n) is 7.88. The normalized spacial score (nSPS) is 10.8. The summed E-state index contributed by atoms with van der Waals surface area (Å²) in [5, 5.41) is 24.6. The molecule has 28 heavy (non-hydrogen) atoms. The molecule has 0 N–H and O–H groups in total. The van der Waals surface area contributed by atoms with Crippen LogP contribution in [0.2, 0.25) is 10.0 Å². The van der Waals surface area contributed by atoms with Gasteiger partial charge in [0.25, 0.3) is 0 Å². The van der Waals surface area contributed by atoms with Crippen molar-refractivity contribution in [2.75, 3.05) is 0 Å². The number of rotatable bonds is 9. The molecule has 0 saturated heterocycles. The van der Waals surface area contributed by atoms with Gasteiger partial charge in [-0.1, -0.05) is 41.0 Å². The summed E-state index contributed by atoms with van der Waals surface area (Å²) in [5.74, 6) is 1.36. The zero-order chi connectivity index (χ0) is 20.1. The number of aromatic nitrogens is 5. The highest BCUT2D eigenvalue weighted by Crippen LogP contribution is 2.28. The Morgan fingerprint density at radius 1 is 1.36 bits per heavy atom. The van der Waals surface area contributed by atoms with E-state index >= 15 is 0 Å². The number of hydrogen-bond donors (Lipinski definition) is 0. The second kappa shape index (κ2) is 9.09. The van der Waals surface area contributed by atoms with Crippen molar-refractivity contribution in [3.63, 3.8) is 0 Å². The molecule has 0 amide bonds. The SMILES string of the molecule is C=CCn1c(COc2cc(Cl)ccc2Cl)nnc1SCn1cc([N+](=O)[O-])cn1. The lowest BCUT2D eigenvalue weighted by Gasteiger charge is -2.10. The van der Waals surface area contributed by atoms with E-state index in [9.17, 15) is 10.1 Å². The first-order valence-corrected chi connectivity index (χ1v) is 9.62. The van der Waals surface area contributed by atoms with Crippen molar-refractivity contribution in [2.45, 2.75) is 24.2 Å². The molecule has 146 valence electrons. The Labute approximate surface area is 174 Å². The Morgan fingerprint density at radius 2 is 2.18 bits per heavy atom. The third kappa shape index (κ3) is 4.83. The predicted molar refractivity (Wildman–Crippen MR) is 106 cm³/mol. The lowest BCUT2D eigenvalue weighted by molar-refractivity contribution is -0.385. The van der Waals surface area contributed by atoms with Gasteiger partial charge in [0.1, 0.15) is 24.8 Å². The summed E-state index contributed by atoms with van der Waals surface area (Å²) < 4.78 is 9.00. The average molecular weight is 441 g/mol. The van der Waals surface area contributed by atoms with Crippen LogP contribution in [-0.2, 0) is 19.0 Å². The van der Waals surface area contributed by atoms with E-state index in [1.807, 2.05) is 4.57 Å². The highest BCUT2D eigenvalue weighted by atomic mass is 35.5. The summed E-state index contributed by atoms with van der Waals surface area (Å²) in [6, 6.07) is 4.95. The zero-order valence-electron chi connectivity index (χ0n) is 14.4. The van der Waals surface area contributed by atoms with Crippen LogP contribution in [0, 0.1) is 10.1 Å². The number of ether oxygens (including phenoxy) is 1. The van der Waals surface area contributed by atoms with E-state index in [0.717, 1.165) is 0 Å². The number of hydrogen-bond acceptors (Lipinski definition) is 7. The van der Waals surface area contributed by atoms with Crippen LogP contribution in [0.15, 0.2) is 48.4 Å². The molecular formula is C16H14Cl2N6O3S. The molecule has 0 fully saturated rings. The molecular weight excluding hydrogens is 427 g/mol. The van der Waals surface area contributed by atoms with Crippen molar-refractivity contribution in [3.05, 3.63) is 69.2 Å². The molecule has 0 atom stereocenters. The van der Waals surface area contributed by atoms with Gasteiger partial charge in [-0.15, -0.1) is 16.8 Å². The standard InChI is InChI=1S/C16H14Cl2N6O3S/c1-2-5-23-15(9-27-14-6-11(17)3-4-13(14)18)20-21-16(23)28-10-22-8-12(7-19-22)24(25)26/h2-4,6-8H,1,5,9-10H2. The number of halogens is 2. The second-order valence-electron chi connectivity index (χ2n) is 5.43. The topological polar surface area (TPSA) is 101 Å². The Bertz CT molecular complexity index is 1010. The van der Waals surface area contributed by atoms with Crippen molar-refractivity contribution in [1.82, 2.24) is 24.5 Å². The minimum absolute atomic E-state index is 0.0688. The van der Waals surface area contributed by atoms with Gasteiger partial charge in [0.05, 0.1) is 15.8 Å². The van der Waals surface area contributed by atoms with Crippen molar-refractivity contribution >= 4 is 40.7 Å². The minimum Gasteiger partial charge on any atom is -0.484 e. The van der Waals surface area contributed by atoms with Crippen molar-refractivity contribution in [3.8, 4) is 5.75 Å². The largest absolute Gasteiger partial charge is 0.484 e. The van der Waals surface area contributed by atoms with Gasteiger partial charge < -0.3 is 4.74 Å². The van der Waals surface area contributed by atoms with Gasteiger partial charge in [0.2, 0.25) is 0 Å². The molecule has 0 aliphatic rings. The highest BCUT2D eigenvalue weighted by molar-refractivity contribution is 7.98. The first-order chi connectivity index (χ1) is 13.5. The van der Waals surface area contributed by atoms with Gasteiger partial charge in [-0.2, -0.15) is 5.10 Å². The molecule has 0 saturated carbocycles. The predicted octanol–water partition coefficient (Wildman–Crippen LogP) is 4.20. The lowest BCUT2D eigenvalue weighted by Crippen LogP contribution is -2.08. The maximum atomic E-state index is 10.7. The highest BCUT2D eigenvalue weighted by Gasteiger charge is 2.15. The summed E-state index contributed by atoms with van der Waals surface area (Å²) in [6.07, 6.45) is 4.26. The smallest absolute Gasteiger partial charge is 0.307 e. The third-order valence-corrected chi connectivity index (χ3v) is 5.01. The van der Waals surface area contributed by atoms with Crippen LogP contribution >= 0.6 is 35.0 Å². The van der Waals surface area contributed by atoms with Crippen LogP contribution in [0.3, 0.4) is 0 Å². The van der Waals surface area contributed by atoms with Crippen LogP contribution < -0.4 is 4.74 Å². The molecule has 9 nitrogen and oxygen atoms in total. The van der Waals surface area contributed by atoms with E-state index in [2.05, 4.69) is 21.9 Å². The van der Waals surface area contributed by atoms with E-state index in [1.165, 1.54) is 28.8 Å². The second-order valence-corrected chi connectivity index (χ2v) is 7.19. The molecule has 2 aromatic heterocycles. The summed E-state index contributed by atoms with van der Waals surface area (Å²) >= 11 is 13.4. The Balaban J connectivity index is 1.70. The van der Waals surface area contributed by atoms with E-state index in [-0.39, 0.29) is 12.3 Å². The molecule has 1 aromatic carbocycles. The fourth-order valence-corrected chi connectivity index (χ4v) is 3.37. The van der Waals surface area contributed by atoms with Crippen LogP contribution in [0.4, 0.5) is 5.69 Å². The Kier molecular flexibility index (Phi) is 6.55. The van der Waals surface area contributed by atoms with Crippen molar-refractivity contribution in [2.24, 2.45) is 0 Å². The molecule has 3 rings (SSSR count). The van der Waals surface area contributed by atoms with E-state index < -0.39 is 4.92 Å². The van der Waals surface area contributed by atoms with Crippen molar-refractivity contribution < 1.29 is 9.66 Å². The molecule has 0 aliphatic carbocycles. The molecule has 0 unspecified atom stereocenters. The quantitative estimate of drug-likeness (QED) is 0.212. The number of nitrogens with zero attached hydrogens (tertiary/aromatic N) is 6. The number of thioether (sulfide) groups is 1. The first kappa shape index (κ1) is 20.2. The van der Waals surface area contributed by atoms with Gasteiger partial charge in [-0.05, 0) is 12.1 Å². The Morgan fingerprint density at radius 3 is 2.89 bits per heavy atom. The van der Waals surface area contributed by atoms with Crippen LogP contribution in [-0.4, -0.2) is 29.5 Å². The molecule has 12 heteroatoms. The van der Waals surface area contributed by atoms with Gasteiger partial charge in [-0.25, -0.2) is 0 Å². The van der Waals surface area contributed by atoms with Gasteiger partial charge in [0, 0.05) is 17.6 Å². The van der Waals surface area contributed by atoms with Gasteiger partial charge in [-0.3, -0.25) is 19.4 Å². The lowest BCUT2D eigenvalue weighted by atomic mass is 10.3. The van der Waals surface area contributed by atoms with E-state index in [1.54, 1.807) is 24.3 Å². The van der Waals surface area contributed by atoms with Gasteiger partial charge >= 0.3 is 5.69 Å². The fourth-order valence-electron chi connectivity index (χ4n) is 2.22. The summed E-state index contributed by atoms with van der Waals surface area (Å²) in [5.41, 5.74) is -0.0688. The molecule has 0 aliphatic heterocycles. The van der Waals surface area contributed by atoms with Crippen LogP contribution in [0.1, 0.15) is 5.82 Å². The third-order valence-electron chi connectivity index (χ3n) is 3.51. The summed E-state index contributed by atoms with van der Waals surface area (Å²) in [6.45, 7) is 4.35. The number of nitro groups is 1. The maximum Gasteiger partial charge on any atom is 0.307 e. The van der Waals surface area contributed by atoms with Crippen molar-refractivity contribution in [1.29, 1.82) is 0 Å². The monoisotopic (exact) mass is 440 g/mol. The molecule has 0 bridgehead atoms.